The van der Waals surface area contributed by atoms with Gasteiger partial charge in [0, 0.05) is 6.04 Å². The third-order valence-electron chi connectivity index (χ3n) is 4.03. The van der Waals surface area contributed by atoms with Crippen LogP contribution in [0.2, 0.25) is 0 Å². The topological polar surface area (TPSA) is 110 Å². The molecule has 2 N–H and O–H groups in total. The van der Waals surface area contributed by atoms with Crippen molar-refractivity contribution in [1.29, 1.82) is 0 Å². The van der Waals surface area contributed by atoms with Gasteiger partial charge in [-0.3, -0.25) is 4.79 Å². The molecular formula is C17H17NO6S. The first-order valence-electron chi connectivity index (χ1n) is 7.73. The number of carbonyl (C=O) groups excluding carboxylic acids is 1. The fraction of sp³-hybridized carbons (Fsp3) is 0.294. The lowest BCUT2D eigenvalue weighted by Crippen LogP contribution is -2.38. The van der Waals surface area contributed by atoms with Crippen LogP contribution in [0.25, 0.3) is 10.8 Å². The molecule has 1 aliphatic heterocycles. The average molecular weight is 363 g/mol. The van der Waals surface area contributed by atoms with Crippen molar-refractivity contribution in [3.05, 3.63) is 42.0 Å². The lowest BCUT2D eigenvalue weighted by molar-refractivity contribution is -0.123. The number of ether oxygens (including phenoxy) is 1. The van der Waals surface area contributed by atoms with Gasteiger partial charge in [0.2, 0.25) is 0 Å². The zero-order valence-electron chi connectivity index (χ0n) is 13.3. The van der Waals surface area contributed by atoms with E-state index in [1.165, 1.54) is 6.07 Å². The summed E-state index contributed by atoms with van der Waals surface area (Å²) in [5, 5.41) is 13.5. The fourth-order valence-corrected chi connectivity index (χ4v) is 4.50. The van der Waals surface area contributed by atoms with Gasteiger partial charge >= 0.3 is 5.97 Å². The molecule has 7 nitrogen and oxygen atoms in total. The Balaban J connectivity index is 1.71. The van der Waals surface area contributed by atoms with Crippen LogP contribution in [0.1, 0.15) is 16.8 Å². The molecule has 0 saturated carbocycles. The molecule has 132 valence electrons. The normalized spacial score (nSPS) is 18.8. The van der Waals surface area contributed by atoms with Crippen LogP contribution in [0.3, 0.4) is 0 Å². The summed E-state index contributed by atoms with van der Waals surface area (Å²) in [5.74, 6) is -1.54. The van der Waals surface area contributed by atoms with Gasteiger partial charge in [0.05, 0.1) is 11.5 Å². The highest BCUT2D eigenvalue weighted by atomic mass is 32.2. The van der Waals surface area contributed by atoms with Crippen molar-refractivity contribution in [2.45, 2.75) is 12.5 Å². The molecule has 0 aliphatic carbocycles. The van der Waals surface area contributed by atoms with Gasteiger partial charge < -0.3 is 15.2 Å². The molecule has 0 radical (unpaired) electrons. The lowest BCUT2D eigenvalue weighted by Gasteiger charge is -2.13. The first-order valence-corrected chi connectivity index (χ1v) is 9.55. The number of benzene rings is 2. The Kier molecular flexibility index (Phi) is 4.63. The summed E-state index contributed by atoms with van der Waals surface area (Å²) in [6.45, 7) is -0.380. The fourth-order valence-electron chi connectivity index (χ4n) is 2.83. The lowest BCUT2D eigenvalue weighted by atomic mass is 10.1. The summed E-state index contributed by atoms with van der Waals surface area (Å²) in [5.41, 5.74) is -0.0325. The van der Waals surface area contributed by atoms with Gasteiger partial charge in [-0.25, -0.2) is 13.2 Å². The van der Waals surface area contributed by atoms with Crippen LogP contribution >= 0.6 is 0 Å². The van der Waals surface area contributed by atoms with Gasteiger partial charge in [0.15, 0.2) is 16.4 Å². The second-order valence-electron chi connectivity index (χ2n) is 5.96. The monoisotopic (exact) mass is 363 g/mol. The van der Waals surface area contributed by atoms with Crippen molar-refractivity contribution < 1.29 is 27.9 Å². The van der Waals surface area contributed by atoms with Crippen LogP contribution in [0, 0.1) is 0 Å². The van der Waals surface area contributed by atoms with E-state index < -0.39 is 27.8 Å². The second-order valence-corrected chi connectivity index (χ2v) is 8.19. The van der Waals surface area contributed by atoms with E-state index in [-0.39, 0.29) is 29.4 Å². The second kappa shape index (κ2) is 6.72. The molecule has 1 fully saturated rings. The van der Waals surface area contributed by atoms with E-state index in [1.807, 2.05) is 12.1 Å². The molecule has 0 spiro atoms. The van der Waals surface area contributed by atoms with Crippen molar-refractivity contribution in [2.24, 2.45) is 0 Å². The number of carbonyl (C=O) groups is 2. The van der Waals surface area contributed by atoms with E-state index in [0.29, 0.717) is 6.42 Å². The minimum atomic E-state index is -3.08. The number of carboxylic acids is 1. The quantitative estimate of drug-likeness (QED) is 0.827. The SMILES string of the molecule is O=C(COc1cc2ccccc2cc1C(=O)O)N[C@H]1CCS(=O)(=O)C1. The molecule has 8 heteroatoms. The van der Waals surface area contributed by atoms with E-state index >= 15 is 0 Å². The van der Waals surface area contributed by atoms with Gasteiger partial charge in [-0.2, -0.15) is 0 Å². The molecule has 1 atom stereocenters. The summed E-state index contributed by atoms with van der Waals surface area (Å²) in [4.78, 5) is 23.4. The molecule has 2 aromatic carbocycles. The predicted octanol–water partition coefficient (Wildman–Crippen LogP) is 1.22. The third kappa shape index (κ3) is 4.08. The number of nitrogens with one attached hydrogen (secondary N) is 1. The summed E-state index contributed by atoms with van der Waals surface area (Å²) in [6, 6.07) is 9.88. The summed E-state index contributed by atoms with van der Waals surface area (Å²) in [7, 11) is -3.08. The van der Waals surface area contributed by atoms with E-state index in [9.17, 15) is 23.1 Å². The summed E-state index contributed by atoms with van der Waals surface area (Å²) >= 11 is 0. The molecule has 1 heterocycles. The van der Waals surface area contributed by atoms with E-state index in [2.05, 4.69) is 5.32 Å². The molecule has 25 heavy (non-hydrogen) atoms. The summed E-state index contributed by atoms with van der Waals surface area (Å²) in [6.07, 6.45) is 0.379. The van der Waals surface area contributed by atoms with Crippen LogP contribution in [0.4, 0.5) is 0 Å². The molecular weight excluding hydrogens is 346 g/mol. The van der Waals surface area contributed by atoms with Crippen LogP contribution in [0.15, 0.2) is 36.4 Å². The van der Waals surface area contributed by atoms with Gasteiger partial charge in [-0.1, -0.05) is 24.3 Å². The van der Waals surface area contributed by atoms with Crippen LogP contribution in [0.5, 0.6) is 5.75 Å². The Bertz CT molecular complexity index is 937. The number of carboxylic acid groups (broad SMARTS) is 1. The molecule has 0 unspecified atom stereocenters. The highest BCUT2D eigenvalue weighted by Gasteiger charge is 2.29. The minimum Gasteiger partial charge on any atom is -0.483 e. The number of hydrogen-bond acceptors (Lipinski definition) is 5. The Hall–Kier alpha value is -2.61. The Morgan fingerprint density at radius 1 is 1.20 bits per heavy atom. The molecule has 1 saturated heterocycles. The maximum absolute atomic E-state index is 11.9. The molecule has 0 bridgehead atoms. The molecule has 1 aliphatic rings. The maximum Gasteiger partial charge on any atom is 0.339 e. The van der Waals surface area contributed by atoms with Crippen molar-refractivity contribution in [3.63, 3.8) is 0 Å². The zero-order chi connectivity index (χ0) is 18.0. The minimum absolute atomic E-state index is 0.0325. The number of rotatable bonds is 5. The molecule has 2 aromatic rings. The molecule has 3 rings (SSSR count). The number of sulfone groups is 1. The third-order valence-corrected chi connectivity index (χ3v) is 5.80. The molecule has 0 aromatic heterocycles. The number of fused-ring (bicyclic) bond motifs is 1. The van der Waals surface area contributed by atoms with Crippen molar-refractivity contribution >= 4 is 32.5 Å². The Morgan fingerprint density at radius 3 is 2.48 bits per heavy atom. The molecule has 1 amide bonds. The van der Waals surface area contributed by atoms with E-state index in [0.717, 1.165) is 10.8 Å². The number of aromatic carboxylic acids is 1. The van der Waals surface area contributed by atoms with Gasteiger partial charge in [-0.05, 0) is 29.3 Å². The van der Waals surface area contributed by atoms with Gasteiger partial charge in [-0.15, -0.1) is 0 Å². The largest absolute Gasteiger partial charge is 0.483 e. The first-order chi connectivity index (χ1) is 11.8. The standard InChI is InChI=1S/C17H17NO6S/c19-16(18-13-5-6-25(22,23)10-13)9-24-15-8-12-4-2-1-3-11(12)7-14(15)17(20)21/h1-4,7-8,13H,5-6,9-10H2,(H,18,19)(H,20,21)/t13-/m0/s1. The number of amides is 1. The predicted molar refractivity (Wildman–Crippen MR) is 91.6 cm³/mol. The van der Waals surface area contributed by atoms with Gasteiger partial charge in [0.1, 0.15) is 11.3 Å². The first kappa shape index (κ1) is 17.2. The van der Waals surface area contributed by atoms with E-state index in [1.54, 1.807) is 18.2 Å². The smallest absolute Gasteiger partial charge is 0.339 e. The average Bonchev–Trinajstić information content (AvgIpc) is 2.90. The van der Waals surface area contributed by atoms with Crippen LogP contribution in [-0.4, -0.2) is 49.6 Å². The van der Waals surface area contributed by atoms with Crippen molar-refractivity contribution in [1.82, 2.24) is 5.32 Å². The highest BCUT2D eigenvalue weighted by molar-refractivity contribution is 7.91. The van der Waals surface area contributed by atoms with Gasteiger partial charge in [0.25, 0.3) is 5.91 Å². The summed E-state index contributed by atoms with van der Waals surface area (Å²) < 4.78 is 28.2. The maximum atomic E-state index is 11.9. The number of hydrogen-bond donors (Lipinski definition) is 2. The van der Waals surface area contributed by atoms with E-state index in [4.69, 9.17) is 4.74 Å². The highest BCUT2D eigenvalue weighted by Crippen LogP contribution is 2.26. The van der Waals surface area contributed by atoms with Crippen LogP contribution in [-0.2, 0) is 14.6 Å². The Labute approximate surface area is 144 Å². The zero-order valence-corrected chi connectivity index (χ0v) is 14.1. The van der Waals surface area contributed by atoms with Crippen LogP contribution < -0.4 is 10.1 Å². The van der Waals surface area contributed by atoms with Crippen molar-refractivity contribution in [3.8, 4) is 5.75 Å². The van der Waals surface area contributed by atoms with Crippen molar-refractivity contribution in [2.75, 3.05) is 18.1 Å². The Morgan fingerprint density at radius 2 is 1.88 bits per heavy atom.